The van der Waals surface area contributed by atoms with Gasteiger partial charge in [-0.05, 0) is 61.6 Å². The topological polar surface area (TPSA) is 78.9 Å². The maximum Gasteiger partial charge on any atom is 0.259 e. The van der Waals surface area contributed by atoms with Gasteiger partial charge in [-0.2, -0.15) is 0 Å². The zero-order chi connectivity index (χ0) is 21.1. The van der Waals surface area contributed by atoms with Crippen molar-refractivity contribution in [3.63, 3.8) is 0 Å². The van der Waals surface area contributed by atoms with Crippen molar-refractivity contribution >= 4 is 29.3 Å². The van der Waals surface area contributed by atoms with Gasteiger partial charge in [0.15, 0.2) is 12.2 Å². The van der Waals surface area contributed by atoms with Gasteiger partial charge in [0, 0.05) is 17.9 Å². The predicted octanol–water partition coefficient (Wildman–Crippen LogP) is 3.08. The Hall–Kier alpha value is -2.96. The predicted molar refractivity (Wildman–Crippen MR) is 116 cm³/mol. The van der Waals surface area contributed by atoms with Gasteiger partial charge >= 0.3 is 0 Å². The highest BCUT2D eigenvalue weighted by atomic mass is 16.5. The molecule has 2 amide bonds. The fourth-order valence-corrected chi connectivity index (χ4v) is 3.84. The Morgan fingerprint density at radius 3 is 2.83 bits per heavy atom. The van der Waals surface area contributed by atoms with Crippen molar-refractivity contribution in [1.29, 1.82) is 0 Å². The third-order valence-corrected chi connectivity index (χ3v) is 5.55. The van der Waals surface area contributed by atoms with Crippen molar-refractivity contribution in [2.24, 2.45) is 0 Å². The second kappa shape index (κ2) is 8.81. The molecule has 1 heterocycles. The number of allylic oxidation sites excluding steroid dienone is 1. The lowest BCUT2D eigenvalue weighted by atomic mass is 10.0. The number of aliphatic hydroxyl groups excluding tert-OH is 1. The number of morpholine rings is 1. The molecule has 0 saturated carbocycles. The second-order valence-corrected chi connectivity index (χ2v) is 7.76. The number of nitrogens with one attached hydrogen (secondary N) is 1. The lowest BCUT2D eigenvalue weighted by Crippen LogP contribution is -2.55. The lowest BCUT2D eigenvalue weighted by molar-refractivity contribution is -0.150. The normalized spacial score (nSPS) is 19.7. The standard InChI is InChI=1S/C24H26N2O4/c1-16-7-11-20(12-8-16)26-13-14-30-22(24(26)29)21(27)23(28)25-19-10-9-17-5-3-2-4-6-18(17)15-19/h4,6-12,15,21-22,27H,2-3,5,13-14H2,1H3,(H,25,28). The number of amides is 2. The Balaban J connectivity index is 1.46. The van der Waals surface area contributed by atoms with E-state index in [1.165, 1.54) is 5.56 Å². The number of fused-ring (bicyclic) bond motifs is 1. The van der Waals surface area contributed by atoms with E-state index in [0.717, 1.165) is 36.1 Å². The molecule has 1 aliphatic carbocycles. The van der Waals surface area contributed by atoms with Gasteiger partial charge in [0.05, 0.1) is 6.61 Å². The third kappa shape index (κ3) is 4.30. The number of rotatable bonds is 4. The van der Waals surface area contributed by atoms with E-state index < -0.39 is 24.0 Å². The molecule has 1 saturated heterocycles. The number of anilines is 2. The number of nitrogens with zero attached hydrogens (tertiary/aromatic N) is 1. The van der Waals surface area contributed by atoms with Crippen LogP contribution in [0.15, 0.2) is 48.5 Å². The zero-order valence-corrected chi connectivity index (χ0v) is 17.0. The van der Waals surface area contributed by atoms with Crippen LogP contribution in [0.2, 0.25) is 0 Å². The maximum atomic E-state index is 12.9. The molecule has 2 N–H and O–H groups in total. The van der Waals surface area contributed by atoms with Gasteiger partial charge < -0.3 is 20.1 Å². The number of aliphatic hydroxyl groups is 1. The van der Waals surface area contributed by atoms with E-state index in [0.29, 0.717) is 12.2 Å². The summed E-state index contributed by atoms with van der Waals surface area (Å²) in [5.74, 6) is -1.07. The van der Waals surface area contributed by atoms with E-state index in [1.54, 1.807) is 4.90 Å². The summed E-state index contributed by atoms with van der Waals surface area (Å²) in [5.41, 5.74) is 4.70. The summed E-state index contributed by atoms with van der Waals surface area (Å²) in [7, 11) is 0. The van der Waals surface area contributed by atoms with E-state index in [4.69, 9.17) is 4.74 Å². The molecule has 0 spiro atoms. The number of hydrogen-bond acceptors (Lipinski definition) is 4. The van der Waals surface area contributed by atoms with Crippen LogP contribution < -0.4 is 10.2 Å². The van der Waals surface area contributed by atoms with E-state index >= 15 is 0 Å². The maximum absolute atomic E-state index is 12.9. The molecule has 0 bridgehead atoms. The van der Waals surface area contributed by atoms with Gasteiger partial charge in [0.1, 0.15) is 0 Å². The molecule has 2 unspecified atom stereocenters. The van der Waals surface area contributed by atoms with Crippen molar-refractivity contribution in [3.8, 4) is 0 Å². The average Bonchev–Trinajstić information content (AvgIpc) is 2.99. The monoisotopic (exact) mass is 406 g/mol. The summed E-state index contributed by atoms with van der Waals surface area (Å²) >= 11 is 0. The van der Waals surface area contributed by atoms with Crippen LogP contribution in [0.3, 0.4) is 0 Å². The van der Waals surface area contributed by atoms with Crippen LogP contribution in [0.4, 0.5) is 11.4 Å². The number of benzene rings is 2. The van der Waals surface area contributed by atoms with E-state index in [2.05, 4.69) is 17.5 Å². The summed E-state index contributed by atoms with van der Waals surface area (Å²) < 4.78 is 5.48. The minimum atomic E-state index is -1.60. The first kappa shape index (κ1) is 20.3. The molecule has 2 aromatic rings. The number of aryl methyl sites for hydroxylation is 2. The Morgan fingerprint density at radius 2 is 2.03 bits per heavy atom. The molecule has 2 atom stereocenters. The number of carbonyl (C=O) groups is 2. The van der Waals surface area contributed by atoms with E-state index in [9.17, 15) is 14.7 Å². The highest BCUT2D eigenvalue weighted by Gasteiger charge is 2.39. The van der Waals surface area contributed by atoms with E-state index in [-0.39, 0.29) is 6.61 Å². The molecule has 6 nitrogen and oxygen atoms in total. The van der Waals surface area contributed by atoms with Gasteiger partial charge in [-0.25, -0.2) is 0 Å². The molecule has 30 heavy (non-hydrogen) atoms. The molecule has 0 radical (unpaired) electrons. The molecule has 4 rings (SSSR count). The average molecular weight is 406 g/mol. The quantitative estimate of drug-likeness (QED) is 0.818. The Bertz CT molecular complexity index is 968. The molecule has 1 fully saturated rings. The van der Waals surface area contributed by atoms with Gasteiger partial charge in [0.2, 0.25) is 0 Å². The second-order valence-electron chi connectivity index (χ2n) is 7.76. The van der Waals surface area contributed by atoms with E-state index in [1.807, 2.05) is 49.4 Å². The SMILES string of the molecule is Cc1ccc(N2CCOC(C(O)C(=O)Nc3ccc4c(c3)C=CCCC4)C2=O)cc1. The minimum Gasteiger partial charge on any atom is -0.380 e. The molecular weight excluding hydrogens is 380 g/mol. The highest BCUT2D eigenvalue weighted by Crippen LogP contribution is 2.24. The molecule has 1 aliphatic heterocycles. The largest absolute Gasteiger partial charge is 0.380 e. The highest BCUT2D eigenvalue weighted by molar-refractivity contribution is 6.03. The molecular formula is C24H26N2O4. The lowest BCUT2D eigenvalue weighted by Gasteiger charge is -2.34. The van der Waals surface area contributed by atoms with Crippen molar-refractivity contribution in [1.82, 2.24) is 0 Å². The van der Waals surface area contributed by atoms with Crippen LogP contribution in [0.5, 0.6) is 0 Å². The first-order valence-corrected chi connectivity index (χ1v) is 10.3. The number of carbonyl (C=O) groups excluding carboxylic acids is 2. The number of hydrogen-bond donors (Lipinski definition) is 2. The fourth-order valence-electron chi connectivity index (χ4n) is 3.84. The van der Waals surface area contributed by atoms with Crippen molar-refractivity contribution < 1.29 is 19.4 Å². The molecule has 2 aliphatic rings. The van der Waals surface area contributed by atoms with Crippen LogP contribution in [-0.2, 0) is 20.7 Å². The van der Waals surface area contributed by atoms with Crippen molar-refractivity contribution in [2.45, 2.75) is 38.4 Å². The van der Waals surface area contributed by atoms with Gasteiger partial charge in [0.25, 0.3) is 11.8 Å². The Morgan fingerprint density at radius 1 is 1.23 bits per heavy atom. The van der Waals surface area contributed by atoms with Crippen LogP contribution in [0.1, 0.15) is 29.5 Å². The van der Waals surface area contributed by atoms with Gasteiger partial charge in [-0.3, -0.25) is 9.59 Å². The fraction of sp³-hybridized carbons (Fsp3) is 0.333. The molecule has 2 aromatic carbocycles. The third-order valence-electron chi connectivity index (χ3n) is 5.55. The smallest absolute Gasteiger partial charge is 0.259 e. The van der Waals surface area contributed by atoms with Crippen LogP contribution >= 0.6 is 0 Å². The summed E-state index contributed by atoms with van der Waals surface area (Å²) in [6.45, 7) is 2.60. The molecule has 6 heteroatoms. The summed E-state index contributed by atoms with van der Waals surface area (Å²) in [4.78, 5) is 27.1. The first-order chi connectivity index (χ1) is 14.5. The molecule has 156 valence electrons. The summed E-state index contributed by atoms with van der Waals surface area (Å²) in [6.07, 6.45) is 4.49. The van der Waals surface area contributed by atoms with Gasteiger partial charge in [-0.1, -0.05) is 35.9 Å². The minimum absolute atomic E-state index is 0.248. The van der Waals surface area contributed by atoms with Crippen molar-refractivity contribution in [3.05, 3.63) is 65.2 Å². The summed E-state index contributed by atoms with van der Waals surface area (Å²) in [5, 5.41) is 13.3. The number of ether oxygens (including phenoxy) is 1. The Labute approximate surface area is 176 Å². The van der Waals surface area contributed by atoms with Crippen LogP contribution in [-0.4, -0.2) is 42.3 Å². The Kier molecular flexibility index (Phi) is 5.97. The van der Waals surface area contributed by atoms with Crippen LogP contribution in [0, 0.1) is 6.92 Å². The van der Waals surface area contributed by atoms with Crippen LogP contribution in [0.25, 0.3) is 6.08 Å². The van der Waals surface area contributed by atoms with Crippen molar-refractivity contribution in [2.75, 3.05) is 23.4 Å². The first-order valence-electron chi connectivity index (χ1n) is 10.3. The molecule has 0 aromatic heterocycles. The zero-order valence-electron chi connectivity index (χ0n) is 17.0. The van der Waals surface area contributed by atoms with Gasteiger partial charge in [-0.15, -0.1) is 0 Å². The summed E-state index contributed by atoms with van der Waals surface area (Å²) in [6, 6.07) is 13.3.